The molecule has 0 aliphatic rings. The van der Waals surface area contributed by atoms with Gasteiger partial charge in [0.25, 0.3) is 5.91 Å². The highest BCUT2D eigenvalue weighted by Crippen LogP contribution is 2.17. The van der Waals surface area contributed by atoms with Gasteiger partial charge < -0.3 is 4.90 Å². The van der Waals surface area contributed by atoms with E-state index in [0.717, 1.165) is 5.52 Å². The summed E-state index contributed by atoms with van der Waals surface area (Å²) >= 11 is 0. The van der Waals surface area contributed by atoms with Crippen LogP contribution in [0.4, 0.5) is 0 Å². The van der Waals surface area contributed by atoms with Crippen LogP contribution in [0.15, 0.2) is 24.4 Å². The lowest BCUT2D eigenvalue weighted by Gasteiger charge is -2.06. The predicted octanol–water partition coefficient (Wildman–Crippen LogP) is 2.16. The molecule has 2 aromatic heterocycles. The molecule has 0 saturated carbocycles. The Morgan fingerprint density at radius 1 is 1.35 bits per heavy atom. The standard InChI is InChI=1S/C13H17N3O/c1-9(2)10-5-6-16-11(7-10)8-12(14-16)13(17)15(3)4/h5-9H,1-4H3. The summed E-state index contributed by atoms with van der Waals surface area (Å²) in [7, 11) is 3.46. The number of aromatic nitrogens is 2. The Morgan fingerprint density at radius 3 is 2.65 bits per heavy atom. The monoisotopic (exact) mass is 231 g/mol. The minimum absolute atomic E-state index is 0.0696. The second-order valence-electron chi connectivity index (χ2n) is 4.71. The fourth-order valence-electron chi connectivity index (χ4n) is 1.70. The maximum absolute atomic E-state index is 11.8. The number of carbonyl (C=O) groups excluding carboxylic acids is 1. The van der Waals surface area contributed by atoms with Gasteiger partial charge in [-0.25, -0.2) is 4.52 Å². The maximum Gasteiger partial charge on any atom is 0.273 e. The zero-order valence-corrected chi connectivity index (χ0v) is 10.6. The molecule has 4 nitrogen and oxygen atoms in total. The molecule has 0 aromatic carbocycles. The Bertz CT molecular complexity index is 555. The van der Waals surface area contributed by atoms with Gasteiger partial charge in [0.1, 0.15) is 0 Å². The molecule has 17 heavy (non-hydrogen) atoms. The first-order valence-electron chi connectivity index (χ1n) is 5.70. The first-order chi connectivity index (χ1) is 7.99. The van der Waals surface area contributed by atoms with E-state index in [2.05, 4.69) is 25.0 Å². The fourth-order valence-corrected chi connectivity index (χ4v) is 1.70. The first kappa shape index (κ1) is 11.6. The van der Waals surface area contributed by atoms with Gasteiger partial charge in [-0.15, -0.1) is 0 Å². The van der Waals surface area contributed by atoms with Crippen LogP contribution in [-0.2, 0) is 0 Å². The third kappa shape index (κ3) is 2.16. The molecule has 0 radical (unpaired) electrons. The highest BCUT2D eigenvalue weighted by molar-refractivity contribution is 5.93. The van der Waals surface area contributed by atoms with Gasteiger partial charge in [0.15, 0.2) is 5.69 Å². The van der Waals surface area contributed by atoms with Crippen molar-refractivity contribution >= 4 is 11.4 Å². The average Bonchev–Trinajstić information content (AvgIpc) is 2.69. The van der Waals surface area contributed by atoms with E-state index in [1.54, 1.807) is 18.6 Å². The Balaban J connectivity index is 2.47. The van der Waals surface area contributed by atoms with E-state index in [4.69, 9.17) is 0 Å². The third-order valence-corrected chi connectivity index (χ3v) is 2.78. The third-order valence-electron chi connectivity index (χ3n) is 2.78. The van der Waals surface area contributed by atoms with Crippen LogP contribution in [0.1, 0.15) is 35.8 Å². The number of rotatable bonds is 2. The lowest BCUT2D eigenvalue weighted by atomic mass is 10.0. The van der Waals surface area contributed by atoms with Gasteiger partial charge in [0, 0.05) is 20.3 Å². The summed E-state index contributed by atoms with van der Waals surface area (Å²) in [6.07, 6.45) is 1.90. The van der Waals surface area contributed by atoms with Crippen molar-refractivity contribution in [2.45, 2.75) is 19.8 Å². The highest BCUT2D eigenvalue weighted by Gasteiger charge is 2.13. The van der Waals surface area contributed by atoms with Gasteiger partial charge in [0.2, 0.25) is 0 Å². The molecule has 0 aliphatic carbocycles. The molecular weight excluding hydrogens is 214 g/mol. The molecule has 2 rings (SSSR count). The first-order valence-corrected chi connectivity index (χ1v) is 5.70. The molecule has 0 bridgehead atoms. The molecule has 0 spiro atoms. The van der Waals surface area contributed by atoms with Crippen molar-refractivity contribution in [2.24, 2.45) is 0 Å². The molecule has 90 valence electrons. The second-order valence-corrected chi connectivity index (χ2v) is 4.71. The van der Waals surface area contributed by atoms with Gasteiger partial charge >= 0.3 is 0 Å². The van der Waals surface area contributed by atoms with Gasteiger partial charge in [-0.3, -0.25) is 4.79 Å². The minimum atomic E-state index is -0.0696. The SMILES string of the molecule is CC(C)c1ccn2nc(C(=O)N(C)C)cc2c1. The molecule has 2 aromatic rings. The van der Waals surface area contributed by atoms with E-state index in [1.807, 2.05) is 18.3 Å². The number of carbonyl (C=O) groups is 1. The number of hydrogen-bond acceptors (Lipinski definition) is 2. The molecule has 0 aliphatic heterocycles. The summed E-state index contributed by atoms with van der Waals surface area (Å²) in [5.41, 5.74) is 2.69. The van der Waals surface area contributed by atoms with Crippen LogP contribution < -0.4 is 0 Å². The molecule has 0 N–H and O–H groups in total. The van der Waals surface area contributed by atoms with Crippen LogP contribution in [0, 0.1) is 0 Å². The molecule has 4 heteroatoms. The van der Waals surface area contributed by atoms with Crippen molar-refractivity contribution in [2.75, 3.05) is 14.1 Å². The molecule has 1 amide bonds. The quantitative estimate of drug-likeness (QED) is 0.794. The van der Waals surface area contributed by atoms with Crippen LogP contribution in [0.25, 0.3) is 5.52 Å². The zero-order chi connectivity index (χ0) is 12.6. The molecule has 0 fully saturated rings. The summed E-state index contributed by atoms with van der Waals surface area (Å²) in [6, 6.07) is 5.94. The number of hydrogen-bond donors (Lipinski definition) is 0. The fraction of sp³-hybridized carbons (Fsp3) is 0.385. The van der Waals surface area contributed by atoms with Crippen LogP contribution in [-0.4, -0.2) is 34.5 Å². The van der Waals surface area contributed by atoms with Crippen LogP contribution in [0.5, 0.6) is 0 Å². The largest absolute Gasteiger partial charge is 0.343 e. The molecule has 0 saturated heterocycles. The van der Waals surface area contributed by atoms with Crippen molar-refractivity contribution in [3.8, 4) is 0 Å². The van der Waals surface area contributed by atoms with Crippen molar-refractivity contribution in [3.63, 3.8) is 0 Å². The minimum Gasteiger partial charge on any atom is -0.343 e. The van der Waals surface area contributed by atoms with E-state index in [-0.39, 0.29) is 5.91 Å². The summed E-state index contributed by atoms with van der Waals surface area (Å²) in [4.78, 5) is 13.3. The van der Waals surface area contributed by atoms with Crippen LogP contribution in [0.3, 0.4) is 0 Å². The number of nitrogens with zero attached hydrogens (tertiary/aromatic N) is 3. The highest BCUT2D eigenvalue weighted by atomic mass is 16.2. The topological polar surface area (TPSA) is 37.6 Å². The van der Waals surface area contributed by atoms with Crippen molar-refractivity contribution in [1.82, 2.24) is 14.5 Å². The van der Waals surface area contributed by atoms with E-state index < -0.39 is 0 Å². The second kappa shape index (κ2) is 4.20. The molecular formula is C13H17N3O. The van der Waals surface area contributed by atoms with Gasteiger partial charge in [0.05, 0.1) is 5.52 Å². The lowest BCUT2D eigenvalue weighted by Crippen LogP contribution is -2.22. The smallest absolute Gasteiger partial charge is 0.273 e. The molecule has 0 unspecified atom stereocenters. The lowest BCUT2D eigenvalue weighted by molar-refractivity contribution is 0.0821. The van der Waals surface area contributed by atoms with Crippen molar-refractivity contribution < 1.29 is 4.79 Å². The Morgan fingerprint density at radius 2 is 2.06 bits per heavy atom. The van der Waals surface area contributed by atoms with Gasteiger partial charge in [-0.2, -0.15) is 5.10 Å². The Hall–Kier alpha value is -1.84. The zero-order valence-electron chi connectivity index (χ0n) is 10.6. The van der Waals surface area contributed by atoms with Crippen LogP contribution in [0.2, 0.25) is 0 Å². The van der Waals surface area contributed by atoms with E-state index in [1.165, 1.54) is 10.5 Å². The van der Waals surface area contributed by atoms with E-state index in [9.17, 15) is 4.79 Å². The predicted molar refractivity (Wildman–Crippen MR) is 67.3 cm³/mol. The van der Waals surface area contributed by atoms with Crippen molar-refractivity contribution in [1.29, 1.82) is 0 Å². The number of amides is 1. The molecule has 0 atom stereocenters. The van der Waals surface area contributed by atoms with Crippen molar-refractivity contribution in [3.05, 3.63) is 35.7 Å². The Labute approximate surface area is 101 Å². The summed E-state index contributed by atoms with van der Waals surface area (Å²) < 4.78 is 1.74. The summed E-state index contributed by atoms with van der Waals surface area (Å²) in [6.45, 7) is 4.29. The Kier molecular flexibility index (Phi) is 2.88. The molecule has 2 heterocycles. The normalized spacial score (nSPS) is 11.1. The van der Waals surface area contributed by atoms with Crippen LogP contribution >= 0.6 is 0 Å². The summed E-state index contributed by atoms with van der Waals surface area (Å²) in [5, 5.41) is 4.26. The van der Waals surface area contributed by atoms with Gasteiger partial charge in [-0.1, -0.05) is 13.8 Å². The number of fused-ring (bicyclic) bond motifs is 1. The number of pyridine rings is 1. The van der Waals surface area contributed by atoms with E-state index in [0.29, 0.717) is 11.6 Å². The average molecular weight is 231 g/mol. The van der Waals surface area contributed by atoms with E-state index >= 15 is 0 Å². The summed E-state index contributed by atoms with van der Waals surface area (Å²) in [5.74, 6) is 0.405. The maximum atomic E-state index is 11.8. The van der Waals surface area contributed by atoms with Gasteiger partial charge in [-0.05, 0) is 29.7 Å².